The summed E-state index contributed by atoms with van der Waals surface area (Å²) in [4.78, 5) is 2.26. The number of nitrogens with zero attached hydrogens (tertiary/aromatic N) is 1. The van der Waals surface area contributed by atoms with Gasteiger partial charge in [0.15, 0.2) is 0 Å². The highest BCUT2D eigenvalue weighted by atomic mass is 16.2. The first-order valence-corrected chi connectivity index (χ1v) is 4.14. The van der Waals surface area contributed by atoms with E-state index in [2.05, 4.69) is 23.8 Å². The van der Waals surface area contributed by atoms with Gasteiger partial charge >= 0.3 is 0 Å². The van der Waals surface area contributed by atoms with Crippen LogP contribution in [0.3, 0.4) is 0 Å². The topological polar surface area (TPSA) is 23.5 Å². The third-order valence-corrected chi connectivity index (χ3v) is 2.12. The molecule has 0 radical (unpaired) electrons. The van der Waals surface area contributed by atoms with Crippen molar-refractivity contribution in [2.45, 2.75) is 25.3 Å². The summed E-state index contributed by atoms with van der Waals surface area (Å²) in [6, 6.07) is 0.385. The molecule has 1 fully saturated rings. The minimum absolute atomic E-state index is 0.00958. The SMILES string of the molecule is CN1CCCCC1C#CCO. The van der Waals surface area contributed by atoms with Gasteiger partial charge in [0, 0.05) is 0 Å². The first-order chi connectivity index (χ1) is 5.34. The molecule has 1 saturated heterocycles. The number of aliphatic hydroxyl groups excluding tert-OH is 1. The van der Waals surface area contributed by atoms with Crippen LogP contribution >= 0.6 is 0 Å². The fourth-order valence-corrected chi connectivity index (χ4v) is 1.42. The van der Waals surface area contributed by atoms with Crippen molar-refractivity contribution in [3.63, 3.8) is 0 Å². The lowest BCUT2D eigenvalue weighted by Gasteiger charge is -2.28. The Morgan fingerprint density at radius 1 is 1.55 bits per heavy atom. The van der Waals surface area contributed by atoms with E-state index in [-0.39, 0.29) is 6.61 Å². The Morgan fingerprint density at radius 2 is 2.36 bits per heavy atom. The molecule has 0 aliphatic carbocycles. The third kappa shape index (κ3) is 2.53. The van der Waals surface area contributed by atoms with Gasteiger partial charge in [0.2, 0.25) is 0 Å². The van der Waals surface area contributed by atoms with Crippen molar-refractivity contribution in [3.05, 3.63) is 0 Å². The van der Waals surface area contributed by atoms with E-state index in [4.69, 9.17) is 5.11 Å². The molecule has 0 aromatic rings. The first kappa shape index (κ1) is 8.58. The second-order valence-electron chi connectivity index (χ2n) is 2.97. The zero-order valence-corrected chi connectivity index (χ0v) is 7.01. The zero-order chi connectivity index (χ0) is 8.10. The Hall–Kier alpha value is -0.520. The Kier molecular flexibility index (Phi) is 3.41. The molecule has 0 aromatic carbocycles. The van der Waals surface area contributed by atoms with Crippen LogP contribution in [0.4, 0.5) is 0 Å². The second-order valence-corrected chi connectivity index (χ2v) is 2.97. The molecular formula is C9H15NO. The number of aliphatic hydroxyl groups is 1. The van der Waals surface area contributed by atoms with Crippen LogP contribution in [0.15, 0.2) is 0 Å². The number of piperidine rings is 1. The van der Waals surface area contributed by atoms with Crippen molar-refractivity contribution < 1.29 is 5.11 Å². The monoisotopic (exact) mass is 153 g/mol. The van der Waals surface area contributed by atoms with E-state index in [1.165, 1.54) is 12.8 Å². The molecule has 1 aliphatic heterocycles. The van der Waals surface area contributed by atoms with Crippen molar-refractivity contribution in [1.29, 1.82) is 0 Å². The number of likely N-dealkylation sites (tertiary alicyclic amines) is 1. The molecule has 1 heterocycles. The molecule has 1 atom stereocenters. The molecule has 0 spiro atoms. The Bertz CT molecular complexity index is 168. The summed E-state index contributed by atoms with van der Waals surface area (Å²) in [6.07, 6.45) is 3.71. The molecule has 1 N–H and O–H groups in total. The van der Waals surface area contributed by atoms with E-state index >= 15 is 0 Å². The number of hydrogen-bond acceptors (Lipinski definition) is 2. The van der Waals surface area contributed by atoms with E-state index in [0.29, 0.717) is 6.04 Å². The molecule has 1 unspecified atom stereocenters. The summed E-state index contributed by atoms with van der Waals surface area (Å²) in [5.41, 5.74) is 0. The summed E-state index contributed by atoms with van der Waals surface area (Å²) in [5, 5.41) is 8.49. The molecule has 0 aromatic heterocycles. The normalized spacial score (nSPS) is 25.8. The Morgan fingerprint density at radius 3 is 3.00 bits per heavy atom. The Labute approximate surface area is 68.2 Å². The van der Waals surface area contributed by atoms with Gasteiger partial charge in [0.1, 0.15) is 6.61 Å². The van der Waals surface area contributed by atoms with Crippen LogP contribution in [0.2, 0.25) is 0 Å². The van der Waals surface area contributed by atoms with E-state index in [1.807, 2.05) is 0 Å². The lowest BCUT2D eigenvalue weighted by molar-refractivity contribution is 0.228. The lowest BCUT2D eigenvalue weighted by Crippen LogP contribution is -2.34. The van der Waals surface area contributed by atoms with Crippen molar-refractivity contribution in [1.82, 2.24) is 4.90 Å². The minimum atomic E-state index is -0.00958. The van der Waals surface area contributed by atoms with Gasteiger partial charge in [-0.2, -0.15) is 0 Å². The van der Waals surface area contributed by atoms with Crippen molar-refractivity contribution >= 4 is 0 Å². The fourth-order valence-electron chi connectivity index (χ4n) is 1.42. The molecule has 2 nitrogen and oxygen atoms in total. The van der Waals surface area contributed by atoms with E-state index < -0.39 is 0 Å². The molecule has 62 valence electrons. The van der Waals surface area contributed by atoms with Gasteiger partial charge in [-0.15, -0.1) is 0 Å². The van der Waals surface area contributed by atoms with Crippen LogP contribution in [0.25, 0.3) is 0 Å². The molecular weight excluding hydrogens is 138 g/mol. The third-order valence-electron chi connectivity index (χ3n) is 2.12. The largest absolute Gasteiger partial charge is 0.384 e. The predicted octanol–water partition coefficient (Wildman–Crippen LogP) is 0.466. The van der Waals surface area contributed by atoms with E-state index in [9.17, 15) is 0 Å². The van der Waals surface area contributed by atoms with Crippen LogP contribution in [0, 0.1) is 11.8 Å². The maximum atomic E-state index is 8.49. The second kappa shape index (κ2) is 4.38. The molecule has 0 amide bonds. The molecule has 0 bridgehead atoms. The number of hydrogen-bond donors (Lipinski definition) is 1. The van der Waals surface area contributed by atoms with Gasteiger partial charge in [0.25, 0.3) is 0 Å². The summed E-state index contributed by atoms with van der Waals surface area (Å²) in [7, 11) is 2.09. The van der Waals surface area contributed by atoms with Crippen molar-refractivity contribution in [2.24, 2.45) is 0 Å². The quantitative estimate of drug-likeness (QED) is 0.511. The maximum Gasteiger partial charge on any atom is 0.104 e. The van der Waals surface area contributed by atoms with Gasteiger partial charge in [-0.05, 0) is 32.9 Å². The zero-order valence-electron chi connectivity index (χ0n) is 7.01. The highest BCUT2D eigenvalue weighted by molar-refractivity contribution is 5.08. The smallest absolute Gasteiger partial charge is 0.104 e. The van der Waals surface area contributed by atoms with Crippen LogP contribution in [-0.4, -0.2) is 36.2 Å². The standard InChI is InChI=1S/C9H15NO/c1-10-7-3-2-5-9(10)6-4-8-11/h9,11H,2-3,5,7-8H2,1H3. The van der Waals surface area contributed by atoms with Crippen LogP contribution in [-0.2, 0) is 0 Å². The van der Waals surface area contributed by atoms with Gasteiger partial charge in [-0.1, -0.05) is 11.8 Å². The van der Waals surface area contributed by atoms with E-state index in [1.54, 1.807) is 0 Å². The summed E-state index contributed by atoms with van der Waals surface area (Å²) in [6.45, 7) is 1.13. The summed E-state index contributed by atoms with van der Waals surface area (Å²) < 4.78 is 0. The highest BCUT2D eigenvalue weighted by Gasteiger charge is 2.15. The number of rotatable bonds is 0. The average molecular weight is 153 g/mol. The lowest BCUT2D eigenvalue weighted by atomic mass is 10.0. The van der Waals surface area contributed by atoms with Crippen LogP contribution in [0.5, 0.6) is 0 Å². The first-order valence-electron chi connectivity index (χ1n) is 4.14. The predicted molar refractivity (Wildman–Crippen MR) is 45.1 cm³/mol. The van der Waals surface area contributed by atoms with Crippen molar-refractivity contribution in [2.75, 3.05) is 20.2 Å². The Balaban J connectivity index is 2.41. The van der Waals surface area contributed by atoms with Gasteiger partial charge in [-0.25, -0.2) is 0 Å². The van der Waals surface area contributed by atoms with E-state index in [0.717, 1.165) is 13.0 Å². The molecule has 1 aliphatic rings. The molecule has 1 rings (SSSR count). The molecule has 0 saturated carbocycles. The summed E-state index contributed by atoms with van der Waals surface area (Å²) in [5.74, 6) is 5.76. The minimum Gasteiger partial charge on any atom is -0.384 e. The summed E-state index contributed by atoms with van der Waals surface area (Å²) >= 11 is 0. The van der Waals surface area contributed by atoms with Crippen LogP contribution < -0.4 is 0 Å². The molecule has 2 heteroatoms. The fraction of sp³-hybridized carbons (Fsp3) is 0.778. The van der Waals surface area contributed by atoms with Crippen molar-refractivity contribution in [3.8, 4) is 11.8 Å². The van der Waals surface area contributed by atoms with Crippen LogP contribution in [0.1, 0.15) is 19.3 Å². The van der Waals surface area contributed by atoms with Gasteiger partial charge in [-0.3, -0.25) is 4.90 Å². The highest BCUT2D eigenvalue weighted by Crippen LogP contribution is 2.13. The van der Waals surface area contributed by atoms with Gasteiger partial charge < -0.3 is 5.11 Å². The maximum absolute atomic E-state index is 8.49. The molecule has 11 heavy (non-hydrogen) atoms. The van der Waals surface area contributed by atoms with Gasteiger partial charge in [0.05, 0.1) is 6.04 Å². The average Bonchev–Trinajstić information content (AvgIpc) is 2.03.